The highest BCUT2D eigenvalue weighted by Gasteiger charge is 2.43. The van der Waals surface area contributed by atoms with Crippen LogP contribution in [0.3, 0.4) is 0 Å². The predicted molar refractivity (Wildman–Crippen MR) is 64.3 cm³/mol. The summed E-state index contributed by atoms with van der Waals surface area (Å²) in [6.07, 6.45) is 2.28. The molecule has 0 aliphatic heterocycles. The monoisotopic (exact) mass is 239 g/mol. The van der Waals surface area contributed by atoms with Gasteiger partial charge in [-0.05, 0) is 35.6 Å². The Kier molecular flexibility index (Phi) is 2.02. The number of rotatable bonds is 0. The van der Waals surface area contributed by atoms with Gasteiger partial charge in [-0.15, -0.1) is 0 Å². The van der Waals surface area contributed by atoms with Crippen molar-refractivity contribution in [1.82, 2.24) is 0 Å². The molecule has 3 rings (SSSR count). The zero-order chi connectivity index (χ0) is 10.6. The SMILES string of the molecule is Nc1cccc2c1[C@H]1CC[C@H]2C1=C(Cl)Cl. The summed E-state index contributed by atoms with van der Waals surface area (Å²) in [5.74, 6) is 0.787. The molecule has 2 aliphatic rings. The van der Waals surface area contributed by atoms with E-state index in [0.29, 0.717) is 16.3 Å². The van der Waals surface area contributed by atoms with Crippen molar-refractivity contribution in [2.45, 2.75) is 24.7 Å². The molecular weight excluding hydrogens is 229 g/mol. The molecule has 1 fully saturated rings. The molecular formula is C12H11Cl2N. The maximum absolute atomic E-state index is 6.01. The van der Waals surface area contributed by atoms with Crippen LogP contribution in [0.4, 0.5) is 5.69 Å². The minimum Gasteiger partial charge on any atom is -0.398 e. The Morgan fingerprint density at radius 2 is 1.93 bits per heavy atom. The molecule has 0 heterocycles. The minimum absolute atomic E-state index is 0.371. The van der Waals surface area contributed by atoms with Gasteiger partial charge in [0.1, 0.15) is 4.49 Å². The smallest absolute Gasteiger partial charge is 0.107 e. The Hall–Kier alpha value is -0.660. The van der Waals surface area contributed by atoms with Gasteiger partial charge >= 0.3 is 0 Å². The highest BCUT2D eigenvalue weighted by molar-refractivity contribution is 6.56. The van der Waals surface area contributed by atoms with Crippen LogP contribution in [0.15, 0.2) is 28.3 Å². The van der Waals surface area contributed by atoms with Crippen molar-refractivity contribution in [2.24, 2.45) is 0 Å². The Balaban J connectivity index is 2.26. The first-order valence-corrected chi connectivity index (χ1v) is 5.89. The van der Waals surface area contributed by atoms with E-state index < -0.39 is 0 Å². The fourth-order valence-electron chi connectivity index (χ4n) is 3.08. The molecule has 1 saturated carbocycles. The minimum atomic E-state index is 0.371. The molecule has 78 valence electrons. The summed E-state index contributed by atoms with van der Waals surface area (Å²) in [6, 6.07) is 6.11. The first kappa shape index (κ1) is 9.56. The van der Waals surface area contributed by atoms with Crippen LogP contribution in [0.2, 0.25) is 0 Å². The van der Waals surface area contributed by atoms with E-state index in [1.54, 1.807) is 0 Å². The number of hydrogen-bond acceptors (Lipinski definition) is 1. The van der Waals surface area contributed by atoms with E-state index in [4.69, 9.17) is 28.9 Å². The Labute approximate surface area is 98.9 Å². The van der Waals surface area contributed by atoms with Crippen molar-refractivity contribution in [2.75, 3.05) is 5.73 Å². The van der Waals surface area contributed by atoms with Crippen molar-refractivity contribution in [3.63, 3.8) is 0 Å². The maximum atomic E-state index is 6.01. The summed E-state index contributed by atoms with van der Waals surface area (Å²) < 4.78 is 0.443. The number of allylic oxidation sites excluding steroid dienone is 1. The van der Waals surface area contributed by atoms with Gasteiger partial charge in [0.2, 0.25) is 0 Å². The lowest BCUT2D eigenvalue weighted by molar-refractivity contribution is 0.719. The average Bonchev–Trinajstić information content (AvgIpc) is 2.73. The van der Waals surface area contributed by atoms with Crippen LogP contribution in [0.25, 0.3) is 0 Å². The molecule has 0 radical (unpaired) electrons. The van der Waals surface area contributed by atoms with Crippen LogP contribution in [0.1, 0.15) is 35.8 Å². The van der Waals surface area contributed by atoms with Gasteiger partial charge in [-0.3, -0.25) is 0 Å². The van der Waals surface area contributed by atoms with E-state index in [2.05, 4.69) is 6.07 Å². The van der Waals surface area contributed by atoms with E-state index in [1.165, 1.54) is 16.7 Å². The number of fused-ring (bicyclic) bond motifs is 5. The maximum Gasteiger partial charge on any atom is 0.107 e. The van der Waals surface area contributed by atoms with Crippen LogP contribution in [-0.2, 0) is 0 Å². The van der Waals surface area contributed by atoms with Gasteiger partial charge in [0, 0.05) is 17.5 Å². The van der Waals surface area contributed by atoms with E-state index in [1.807, 2.05) is 12.1 Å². The van der Waals surface area contributed by atoms with Gasteiger partial charge in [-0.1, -0.05) is 35.3 Å². The lowest BCUT2D eigenvalue weighted by Gasteiger charge is -2.15. The van der Waals surface area contributed by atoms with E-state index in [0.717, 1.165) is 18.5 Å². The summed E-state index contributed by atoms with van der Waals surface area (Å²) >= 11 is 11.9. The average molecular weight is 240 g/mol. The predicted octanol–water partition coefficient (Wildman–Crippen LogP) is 3.93. The quantitative estimate of drug-likeness (QED) is 0.683. The lowest BCUT2D eigenvalue weighted by atomic mass is 9.91. The molecule has 0 amide bonds. The standard InChI is InChI=1S/C12H11Cl2N/c13-12(14)11-7-4-5-8(11)10-6(7)2-1-3-9(10)15/h1-3,7-8H,4-5,15H2/t7-,8-/m1/s1. The highest BCUT2D eigenvalue weighted by atomic mass is 35.5. The third-order valence-corrected chi connectivity index (χ3v) is 4.05. The van der Waals surface area contributed by atoms with Gasteiger partial charge in [0.25, 0.3) is 0 Å². The third kappa shape index (κ3) is 1.17. The molecule has 0 spiro atoms. The number of benzene rings is 1. The zero-order valence-corrected chi connectivity index (χ0v) is 9.65. The van der Waals surface area contributed by atoms with Crippen LogP contribution >= 0.6 is 23.2 Å². The summed E-state index contributed by atoms with van der Waals surface area (Å²) in [5.41, 5.74) is 10.7. The summed E-state index contributed by atoms with van der Waals surface area (Å²) in [4.78, 5) is 0. The third-order valence-electron chi connectivity index (χ3n) is 3.61. The zero-order valence-electron chi connectivity index (χ0n) is 8.13. The summed E-state index contributed by atoms with van der Waals surface area (Å²) in [7, 11) is 0. The number of nitrogen functional groups attached to an aromatic ring is 1. The lowest BCUT2D eigenvalue weighted by Crippen LogP contribution is -2.01. The number of hydrogen-bond donors (Lipinski definition) is 1. The van der Waals surface area contributed by atoms with E-state index in [-0.39, 0.29) is 0 Å². The van der Waals surface area contributed by atoms with Crippen molar-refractivity contribution in [3.05, 3.63) is 39.4 Å². The van der Waals surface area contributed by atoms with Crippen molar-refractivity contribution < 1.29 is 0 Å². The molecule has 15 heavy (non-hydrogen) atoms. The van der Waals surface area contributed by atoms with Gasteiger partial charge in [-0.25, -0.2) is 0 Å². The van der Waals surface area contributed by atoms with Crippen LogP contribution in [0, 0.1) is 0 Å². The molecule has 0 saturated heterocycles. The Morgan fingerprint density at radius 1 is 1.20 bits per heavy atom. The molecule has 2 bridgehead atoms. The molecule has 1 aromatic rings. The first-order valence-electron chi connectivity index (χ1n) is 5.13. The van der Waals surface area contributed by atoms with Crippen LogP contribution in [0.5, 0.6) is 0 Å². The second-order valence-electron chi connectivity index (χ2n) is 4.25. The van der Waals surface area contributed by atoms with Gasteiger partial charge in [0.15, 0.2) is 0 Å². The topological polar surface area (TPSA) is 26.0 Å². The normalized spacial score (nSPS) is 26.9. The van der Waals surface area contributed by atoms with Gasteiger partial charge in [-0.2, -0.15) is 0 Å². The van der Waals surface area contributed by atoms with Crippen molar-refractivity contribution in [3.8, 4) is 0 Å². The molecule has 0 unspecified atom stereocenters. The van der Waals surface area contributed by atoms with Crippen molar-refractivity contribution in [1.29, 1.82) is 0 Å². The second-order valence-corrected chi connectivity index (χ2v) is 5.20. The fraction of sp³-hybridized carbons (Fsp3) is 0.333. The molecule has 1 nitrogen and oxygen atoms in total. The number of halogens is 2. The van der Waals surface area contributed by atoms with Gasteiger partial charge < -0.3 is 5.73 Å². The number of anilines is 1. The molecule has 0 aromatic heterocycles. The molecule has 2 aliphatic carbocycles. The van der Waals surface area contributed by atoms with Crippen LogP contribution < -0.4 is 5.73 Å². The highest BCUT2D eigenvalue weighted by Crippen LogP contribution is 2.60. The fourth-order valence-corrected chi connectivity index (χ4v) is 3.61. The molecule has 3 heteroatoms. The Morgan fingerprint density at radius 3 is 2.60 bits per heavy atom. The Bertz CT molecular complexity index is 461. The van der Waals surface area contributed by atoms with Crippen molar-refractivity contribution >= 4 is 28.9 Å². The van der Waals surface area contributed by atoms with Crippen LogP contribution in [-0.4, -0.2) is 0 Å². The summed E-state index contributed by atoms with van der Waals surface area (Å²) in [6.45, 7) is 0. The van der Waals surface area contributed by atoms with E-state index >= 15 is 0 Å². The molecule has 2 atom stereocenters. The second kappa shape index (κ2) is 3.16. The van der Waals surface area contributed by atoms with E-state index in [9.17, 15) is 0 Å². The largest absolute Gasteiger partial charge is 0.398 e. The summed E-state index contributed by atoms with van der Waals surface area (Å²) in [5, 5.41) is 0. The first-order chi connectivity index (χ1) is 7.20. The molecule has 2 N–H and O–H groups in total. The van der Waals surface area contributed by atoms with Gasteiger partial charge in [0.05, 0.1) is 0 Å². The molecule has 1 aromatic carbocycles. The number of nitrogens with two attached hydrogens (primary N) is 1.